The van der Waals surface area contributed by atoms with Crippen LogP contribution in [-0.2, 0) is 12.1 Å². The Labute approximate surface area is 125 Å². The Morgan fingerprint density at radius 1 is 0.950 bits per heavy atom. The summed E-state index contributed by atoms with van der Waals surface area (Å²) in [6.45, 7) is 0. The van der Waals surface area contributed by atoms with Crippen LogP contribution in [0.25, 0.3) is 0 Å². The van der Waals surface area contributed by atoms with E-state index >= 15 is 0 Å². The highest BCUT2D eigenvalue weighted by atomic mass is 35.5. The second-order valence-corrected chi connectivity index (χ2v) is 4.88. The molecule has 0 saturated carbocycles. The third-order valence-electron chi connectivity index (χ3n) is 3.69. The molecule has 1 heterocycles. The number of halogens is 1. The van der Waals surface area contributed by atoms with Gasteiger partial charge in [-0.15, -0.1) is 0 Å². The van der Waals surface area contributed by atoms with Crippen LogP contribution in [-0.4, -0.2) is 24.1 Å². The van der Waals surface area contributed by atoms with Crippen LogP contribution in [0.2, 0.25) is 0 Å². The molecule has 0 fully saturated rings. The lowest BCUT2D eigenvalue weighted by Crippen LogP contribution is -3.00. The third-order valence-corrected chi connectivity index (χ3v) is 3.69. The average Bonchev–Trinajstić information content (AvgIpc) is 2.83. The van der Waals surface area contributed by atoms with Crippen molar-refractivity contribution >= 4 is 12.4 Å². The van der Waals surface area contributed by atoms with E-state index in [9.17, 15) is 0 Å². The number of hydrogen-bond acceptors (Lipinski definition) is 1. The summed E-state index contributed by atoms with van der Waals surface area (Å²) >= 11 is 0. The second kappa shape index (κ2) is 6.02. The number of rotatable bonds is 3. The van der Waals surface area contributed by atoms with Crippen molar-refractivity contribution in [1.29, 1.82) is 0 Å². The summed E-state index contributed by atoms with van der Waals surface area (Å²) in [5.74, 6) is 0. The maximum absolute atomic E-state index is 4.76. The summed E-state index contributed by atoms with van der Waals surface area (Å²) in [4.78, 5) is 4.76. The summed E-state index contributed by atoms with van der Waals surface area (Å²) in [6, 6.07) is 21.0. The fraction of sp³-hybridized carbons (Fsp3) is 0.176. The lowest BCUT2D eigenvalue weighted by atomic mass is 9.92. The van der Waals surface area contributed by atoms with Gasteiger partial charge >= 0.3 is 0 Å². The molecule has 0 saturated heterocycles. The SMILES string of the molecule is C[N+]1=CC=NC1(Cc1ccccc1)c1ccccc1.[Cl-]. The molecule has 0 spiro atoms. The highest BCUT2D eigenvalue weighted by Crippen LogP contribution is 2.31. The van der Waals surface area contributed by atoms with E-state index in [4.69, 9.17) is 4.99 Å². The molecule has 3 rings (SSSR count). The fourth-order valence-electron chi connectivity index (χ4n) is 2.61. The first-order valence-electron chi connectivity index (χ1n) is 6.52. The molecular weight excluding hydrogens is 268 g/mol. The van der Waals surface area contributed by atoms with Gasteiger partial charge in [-0.25, -0.2) is 9.57 Å². The largest absolute Gasteiger partial charge is 1.00 e. The molecule has 2 nitrogen and oxygen atoms in total. The monoisotopic (exact) mass is 284 g/mol. The summed E-state index contributed by atoms with van der Waals surface area (Å²) in [6.07, 6.45) is 4.81. The number of aliphatic imine (C=N–C) groups is 1. The Balaban J connectivity index is 0.00000147. The fourth-order valence-corrected chi connectivity index (χ4v) is 2.61. The minimum atomic E-state index is -0.303. The van der Waals surface area contributed by atoms with E-state index < -0.39 is 0 Å². The van der Waals surface area contributed by atoms with Crippen LogP contribution < -0.4 is 12.4 Å². The van der Waals surface area contributed by atoms with Crippen LogP contribution in [0.4, 0.5) is 0 Å². The summed E-state index contributed by atoms with van der Waals surface area (Å²) < 4.78 is 2.19. The van der Waals surface area contributed by atoms with Crippen LogP contribution in [0.15, 0.2) is 65.7 Å². The first kappa shape index (κ1) is 14.5. The minimum absolute atomic E-state index is 0. The Kier molecular flexibility index (Phi) is 4.35. The highest BCUT2D eigenvalue weighted by molar-refractivity contribution is 6.14. The molecule has 2 aromatic carbocycles. The van der Waals surface area contributed by atoms with Crippen molar-refractivity contribution in [3.8, 4) is 0 Å². The smallest absolute Gasteiger partial charge is 0.285 e. The van der Waals surface area contributed by atoms with Crippen LogP contribution in [0.5, 0.6) is 0 Å². The quantitative estimate of drug-likeness (QED) is 0.699. The van der Waals surface area contributed by atoms with E-state index in [-0.39, 0.29) is 18.1 Å². The summed E-state index contributed by atoms with van der Waals surface area (Å²) in [5, 5.41) is 0. The third kappa shape index (κ3) is 2.52. The van der Waals surface area contributed by atoms with Gasteiger partial charge in [0.05, 0.1) is 12.6 Å². The van der Waals surface area contributed by atoms with Gasteiger partial charge in [-0.2, -0.15) is 0 Å². The second-order valence-electron chi connectivity index (χ2n) is 4.88. The number of nitrogens with zero attached hydrogens (tertiary/aromatic N) is 2. The van der Waals surface area contributed by atoms with Crippen molar-refractivity contribution in [1.82, 2.24) is 0 Å². The van der Waals surface area contributed by atoms with Gasteiger partial charge in [0.15, 0.2) is 6.21 Å². The van der Waals surface area contributed by atoms with Gasteiger partial charge in [0.25, 0.3) is 5.66 Å². The zero-order valence-corrected chi connectivity index (χ0v) is 12.2. The topological polar surface area (TPSA) is 15.4 Å². The van der Waals surface area contributed by atoms with Crippen LogP contribution in [0.3, 0.4) is 0 Å². The van der Waals surface area contributed by atoms with E-state index in [1.54, 1.807) is 0 Å². The predicted octanol–water partition coefficient (Wildman–Crippen LogP) is -0.116. The van der Waals surface area contributed by atoms with Crippen molar-refractivity contribution < 1.29 is 17.0 Å². The number of likely N-dealkylation sites (N-methyl/N-ethyl adjacent to an activating group) is 1. The van der Waals surface area contributed by atoms with Crippen LogP contribution >= 0.6 is 0 Å². The molecule has 0 aromatic heterocycles. The van der Waals surface area contributed by atoms with E-state index in [1.165, 1.54) is 11.1 Å². The molecule has 0 radical (unpaired) electrons. The van der Waals surface area contributed by atoms with Crippen LogP contribution in [0, 0.1) is 0 Å². The van der Waals surface area contributed by atoms with Crippen molar-refractivity contribution in [3.05, 3.63) is 71.8 Å². The lowest BCUT2D eigenvalue weighted by Gasteiger charge is -2.23. The van der Waals surface area contributed by atoms with E-state index in [0.29, 0.717) is 0 Å². The van der Waals surface area contributed by atoms with Crippen molar-refractivity contribution in [2.45, 2.75) is 12.1 Å². The average molecular weight is 285 g/mol. The zero-order valence-electron chi connectivity index (χ0n) is 11.4. The van der Waals surface area contributed by atoms with Gasteiger partial charge in [-0.05, 0) is 17.7 Å². The van der Waals surface area contributed by atoms with Gasteiger partial charge in [-0.3, -0.25) is 0 Å². The zero-order chi connectivity index (χ0) is 13.1. The Hall–Kier alpha value is -1.93. The summed E-state index contributed by atoms with van der Waals surface area (Å²) in [7, 11) is 2.09. The maximum atomic E-state index is 4.76. The molecule has 3 heteroatoms. The molecular formula is C17H17ClN2. The molecule has 1 atom stereocenters. The predicted molar refractivity (Wildman–Crippen MR) is 79.0 cm³/mol. The van der Waals surface area contributed by atoms with Gasteiger partial charge in [0, 0.05) is 5.56 Å². The molecule has 1 aliphatic heterocycles. The van der Waals surface area contributed by atoms with E-state index in [0.717, 1.165) is 6.42 Å². The van der Waals surface area contributed by atoms with E-state index in [2.05, 4.69) is 60.2 Å². The van der Waals surface area contributed by atoms with Gasteiger partial charge < -0.3 is 12.4 Å². The lowest BCUT2D eigenvalue weighted by molar-refractivity contribution is -0.582. The molecule has 0 N–H and O–H groups in total. The van der Waals surface area contributed by atoms with Crippen LogP contribution in [0.1, 0.15) is 11.1 Å². The molecule has 0 amide bonds. The van der Waals surface area contributed by atoms with E-state index in [1.807, 2.05) is 24.6 Å². The van der Waals surface area contributed by atoms with Gasteiger partial charge in [0.2, 0.25) is 0 Å². The van der Waals surface area contributed by atoms with Crippen molar-refractivity contribution in [2.75, 3.05) is 7.05 Å². The van der Waals surface area contributed by atoms with Crippen molar-refractivity contribution in [2.24, 2.45) is 4.99 Å². The maximum Gasteiger partial charge on any atom is 0.285 e. The first-order chi connectivity index (χ1) is 9.31. The van der Waals surface area contributed by atoms with Gasteiger partial charge in [0.1, 0.15) is 7.05 Å². The first-order valence-corrected chi connectivity index (χ1v) is 6.52. The Morgan fingerprint density at radius 3 is 2.10 bits per heavy atom. The highest BCUT2D eigenvalue weighted by Gasteiger charge is 2.42. The molecule has 102 valence electrons. The molecule has 20 heavy (non-hydrogen) atoms. The minimum Gasteiger partial charge on any atom is -1.00 e. The normalized spacial score (nSPS) is 20.4. The molecule has 1 unspecified atom stereocenters. The number of benzene rings is 2. The summed E-state index contributed by atoms with van der Waals surface area (Å²) in [5.41, 5.74) is 2.22. The molecule has 1 aliphatic rings. The van der Waals surface area contributed by atoms with Gasteiger partial charge in [-0.1, -0.05) is 48.5 Å². The molecule has 0 bridgehead atoms. The van der Waals surface area contributed by atoms with Crippen molar-refractivity contribution in [3.63, 3.8) is 0 Å². The Bertz CT molecular complexity index is 620. The Morgan fingerprint density at radius 2 is 1.55 bits per heavy atom. The molecule has 0 aliphatic carbocycles. The standard InChI is InChI=1S/C17H17N2.ClH/c1-19-13-12-18-17(19,16-10-6-3-7-11-16)14-15-8-4-2-5-9-15;/h2-13H,14H2,1H3;1H/q+1;/p-1. The molecule has 2 aromatic rings. The number of hydrogen-bond donors (Lipinski definition) is 0.